The van der Waals surface area contributed by atoms with Gasteiger partial charge in [0.25, 0.3) is 0 Å². The van der Waals surface area contributed by atoms with Gasteiger partial charge >= 0.3 is 0 Å². The maximum Gasteiger partial charge on any atom is 0.243 e. The van der Waals surface area contributed by atoms with Crippen molar-refractivity contribution in [2.45, 2.75) is 22.6 Å². The van der Waals surface area contributed by atoms with E-state index in [9.17, 15) is 22.0 Å². The molecule has 2 aliphatic rings. The van der Waals surface area contributed by atoms with E-state index in [-0.39, 0.29) is 29.8 Å². The van der Waals surface area contributed by atoms with E-state index in [4.69, 9.17) is 0 Å². The number of fused-ring (bicyclic) bond motifs is 1. The quantitative estimate of drug-likeness (QED) is 0.736. The fourth-order valence-corrected chi connectivity index (χ4v) is 6.23. The Labute approximate surface area is 172 Å². The number of carbonyl (C=O) groups is 1. The van der Waals surface area contributed by atoms with Gasteiger partial charge in [0.15, 0.2) is 11.6 Å². The van der Waals surface area contributed by atoms with E-state index in [1.165, 1.54) is 4.31 Å². The molecule has 0 atom stereocenters. The predicted octanol–water partition coefficient (Wildman–Crippen LogP) is 3.50. The maximum atomic E-state index is 13.5. The van der Waals surface area contributed by atoms with Gasteiger partial charge in [0.1, 0.15) is 0 Å². The van der Waals surface area contributed by atoms with Gasteiger partial charge in [0.05, 0.1) is 10.6 Å². The van der Waals surface area contributed by atoms with Crippen molar-refractivity contribution >= 4 is 33.4 Å². The van der Waals surface area contributed by atoms with Gasteiger partial charge in [-0.25, -0.2) is 17.2 Å². The van der Waals surface area contributed by atoms with Crippen molar-refractivity contribution in [2.75, 3.05) is 30.3 Å². The van der Waals surface area contributed by atoms with Crippen molar-refractivity contribution < 1.29 is 22.0 Å². The monoisotopic (exact) mass is 438 g/mol. The fourth-order valence-electron chi connectivity index (χ4n) is 3.75. The summed E-state index contributed by atoms with van der Waals surface area (Å²) in [5, 5.41) is 0. The van der Waals surface area contributed by atoms with Crippen LogP contribution in [0.2, 0.25) is 0 Å². The zero-order valence-electron chi connectivity index (χ0n) is 15.6. The molecular formula is C20H20F2N2O3S2. The molecule has 1 saturated heterocycles. The first-order chi connectivity index (χ1) is 13.9. The number of anilines is 1. The van der Waals surface area contributed by atoms with Crippen LogP contribution in [0.25, 0.3) is 0 Å². The van der Waals surface area contributed by atoms with Crippen LogP contribution in [0.15, 0.2) is 52.3 Å². The van der Waals surface area contributed by atoms with Crippen molar-refractivity contribution in [3.63, 3.8) is 0 Å². The molecule has 0 spiro atoms. The van der Waals surface area contributed by atoms with E-state index in [0.29, 0.717) is 25.5 Å². The van der Waals surface area contributed by atoms with Gasteiger partial charge in [-0.05, 0) is 43.2 Å². The lowest BCUT2D eigenvalue weighted by atomic mass is 9.96. The van der Waals surface area contributed by atoms with Gasteiger partial charge in [-0.15, -0.1) is 11.8 Å². The summed E-state index contributed by atoms with van der Waals surface area (Å²) in [6, 6.07) is 10.4. The molecule has 9 heteroatoms. The number of halogens is 2. The number of para-hydroxylation sites is 1. The fraction of sp³-hybridized carbons (Fsp3) is 0.350. The second-order valence-electron chi connectivity index (χ2n) is 7.06. The summed E-state index contributed by atoms with van der Waals surface area (Å²) in [6.07, 6.45) is 0.793. The minimum absolute atomic E-state index is 0.0163. The highest BCUT2D eigenvalue weighted by molar-refractivity contribution is 7.99. The first kappa shape index (κ1) is 20.3. The largest absolute Gasteiger partial charge is 0.310 e. The zero-order chi connectivity index (χ0) is 20.6. The topological polar surface area (TPSA) is 57.7 Å². The number of carbonyl (C=O) groups excluding carboxylic acids is 1. The van der Waals surface area contributed by atoms with Gasteiger partial charge < -0.3 is 4.90 Å². The highest BCUT2D eigenvalue weighted by Gasteiger charge is 2.35. The minimum Gasteiger partial charge on any atom is -0.310 e. The number of benzene rings is 2. The van der Waals surface area contributed by atoms with E-state index in [2.05, 4.69) is 0 Å². The predicted molar refractivity (Wildman–Crippen MR) is 107 cm³/mol. The smallest absolute Gasteiger partial charge is 0.243 e. The van der Waals surface area contributed by atoms with Crippen molar-refractivity contribution in [3.8, 4) is 0 Å². The van der Waals surface area contributed by atoms with Crippen LogP contribution in [0.1, 0.15) is 12.8 Å². The lowest BCUT2D eigenvalue weighted by Crippen LogP contribution is -2.45. The SMILES string of the molecule is O=C(C1CCN(S(=O)(=O)c2ccc(F)c(F)c2)CC1)N1CCSc2ccccc21. The van der Waals surface area contributed by atoms with Gasteiger partial charge in [-0.3, -0.25) is 4.79 Å². The van der Waals surface area contributed by atoms with E-state index in [1.54, 1.807) is 16.7 Å². The van der Waals surface area contributed by atoms with Gasteiger partial charge in [-0.2, -0.15) is 4.31 Å². The molecule has 2 heterocycles. The minimum atomic E-state index is -3.93. The molecule has 0 aromatic heterocycles. The number of hydrogen-bond donors (Lipinski definition) is 0. The lowest BCUT2D eigenvalue weighted by Gasteiger charge is -2.35. The summed E-state index contributed by atoms with van der Waals surface area (Å²) in [6.45, 7) is 0.970. The molecule has 154 valence electrons. The number of sulfonamides is 1. The van der Waals surface area contributed by atoms with E-state index in [1.807, 2.05) is 24.3 Å². The summed E-state index contributed by atoms with van der Waals surface area (Å²) in [4.78, 5) is 15.7. The van der Waals surface area contributed by atoms with Crippen LogP contribution >= 0.6 is 11.8 Å². The Morgan fingerprint density at radius 3 is 2.45 bits per heavy atom. The first-order valence-corrected chi connectivity index (χ1v) is 11.8. The Morgan fingerprint density at radius 1 is 1.00 bits per heavy atom. The number of nitrogens with zero attached hydrogens (tertiary/aromatic N) is 2. The molecule has 0 unspecified atom stereocenters. The van der Waals surface area contributed by atoms with Crippen LogP contribution in [0.4, 0.5) is 14.5 Å². The van der Waals surface area contributed by atoms with Crippen LogP contribution in [0, 0.1) is 17.6 Å². The van der Waals surface area contributed by atoms with E-state index in [0.717, 1.165) is 28.5 Å². The molecule has 0 radical (unpaired) electrons. The third-order valence-corrected chi connectivity index (χ3v) is 8.26. The summed E-state index contributed by atoms with van der Waals surface area (Å²) in [5.74, 6) is -1.71. The average Bonchev–Trinajstić information content (AvgIpc) is 2.74. The number of thioether (sulfide) groups is 1. The standard InChI is InChI=1S/C20H20F2N2O3S2/c21-16-6-5-15(13-17(16)22)29(26,27)23-9-7-14(8-10-23)20(25)24-11-12-28-19-4-2-1-3-18(19)24/h1-6,13-14H,7-12H2. The lowest BCUT2D eigenvalue weighted by molar-refractivity contribution is -0.123. The highest BCUT2D eigenvalue weighted by atomic mass is 32.2. The van der Waals surface area contributed by atoms with Crippen LogP contribution in [-0.4, -0.2) is 44.0 Å². The van der Waals surface area contributed by atoms with Gasteiger partial charge in [0, 0.05) is 36.2 Å². The molecule has 0 bridgehead atoms. The Morgan fingerprint density at radius 2 is 1.72 bits per heavy atom. The second kappa shape index (κ2) is 8.04. The highest BCUT2D eigenvalue weighted by Crippen LogP contribution is 2.36. The Kier molecular flexibility index (Phi) is 5.63. The third-order valence-electron chi connectivity index (χ3n) is 5.33. The normalized spacial score (nSPS) is 18.5. The molecule has 2 aromatic carbocycles. The average molecular weight is 439 g/mol. The molecule has 0 saturated carbocycles. The van der Waals surface area contributed by atoms with Crippen LogP contribution in [-0.2, 0) is 14.8 Å². The summed E-state index contributed by atoms with van der Waals surface area (Å²) < 4.78 is 53.3. The molecular weight excluding hydrogens is 418 g/mol. The molecule has 2 aliphatic heterocycles. The number of piperidine rings is 1. The van der Waals surface area contributed by atoms with Crippen LogP contribution in [0.5, 0.6) is 0 Å². The van der Waals surface area contributed by atoms with E-state index >= 15 is 0 Å². The number of rotatable bonds is 3. The molecule has 2 aromatic rings. The van der Waals surface area contributed by atoms with Crippen molar-refractivity contribution in [1.29, 1.82) is 0 Å². The second-order valence-corrected chi connectivity index (χ2v) is 10.1. The number of amides is 1. The molecule has 29 heavy (non-hydrogen) atoms. The molecule has 0 N–H and O–H groups in total. The van der Waals surface area contributed by atoms with Crippen LogP contribution in [0.3, 0.4) is 0 Å². The Balaban J connectivity index is 1.46. The van der Waals surface area contributed by atoms with Crippen molar-refractivity contribution in [1.82, 2.24) is 4.31 Å². The maximum absolute atomic E-state index is 13.5. The Hall–Kier alpha value is -1.97. The molecule has 5 nitrogen and oxygen atoms in total. The summed E-state index contributed by atoms with van der Waals surface area (Å²) in [7, 11) is -3.93. The Bertz CT molecular complexity index is 1040. The number of hydrogen-bond acceptors (Lipinski definition) is 4. The molecule has 0 aliphatic carbocycles. The van der Waals surface area contributed by atoms with Crippen molar-refractivity contribution in [3.05, 3.63) is 54.1 Å². The van der Waals surface area contributed by atoms with Crippen LogP contribution < -0.4 is 4.90 Å². The molecule has 1 fully saturated rings. The van der Waals surface area contributed by atoms with Gasteiger partial charge in [0.2, 0.25) is 15.9 Å². The first-order valence-electron chi connectivity index (χ1n) is 9.36. The molecule has 1 amide bonds. The third kappa shape index (κ3) is 3.91. The van der Waals surface area contributed by atoms with Gasteiger partial charge in [-0.1, -0.05) is 12.1 Å². The van der Waals surface area contributed by atoms with Crippen molar-refractivity contribution in [2.24, 2.45) is 5.92 Å². The summed E-state index contributed by atoms with van der Waals surface area (Å²) in [5.41, 5.74) is 0.908. The molecule has 4 rings (SSSR count). The zero-order valence-corrected chi connectivity index (χ0v) is 17.2. The summed E-state index contributed by atoms with van der Waals surface area (Å²) >= 11 is 1.72. The van der Waals surface area contributed by atoms with E-state index < -0.39 is 21.7 Å².